The summed E-state index contributed by atoms with van der Waals surface area (Å²) in [6.07, 6.45) is 3.05. The van der Waals surface area contributed by atoms with Gasteiger partial charge in [-0.1, -0.05) is 24.9 Å². The highest BCUT2D eigenvalue weighted by molar-refractivity contribution is 6.30. The van der Waals surface area contributed by atoms with Gasteiger partial charge in [0.1, 0.15) is 0 Å². The third kappa shape index (κ3) is 8.41. The van der Waals surface area contributed by atoms with Crippen molar-refractivity contribution >= 4 is 29.3 Å². The van der Waals surface area contributed by atoms with Gasteiger partial charge in [-0.3, -0.25) is 19.3 Å². The van der Waals surface area contributed by atoms with E-state index in [0.29, 0.717) is 62.7 Å². The number of nitrogens with zero attached hydrogens (tertiary/aromatic N) is 2. The number of nitrogens with one attached hydrogen (secondary N) is 2. The molecule has 0 spiro atoms. The number of unbranched alkanes of at least 4 members (excludes halogenated alkanes) is 1. The first-order valence-electron chi connectivity index (χ1n) is 10.3. The second-order valence-corrected chi connectivity index (χ2v) is 7.66. The molecular weight excluding hydrogens is 392 g/mol. The smallest absolute Gasteiger partial charge is 0.251 e. The van der Waals surface area contributed by atoms with Crippen molar-refractivity contribution in [1.29, 1.82) is 0 Å². The topological polar surface area (TPSA) is 81.8 Å². The summed E-state index contributed by atoms with van der Waals surface area (Å²) in [5, 5.41) is 6.33. The van der Waals surface area contributed by atoms with Crippen LogP contribution >= 0.6 is 11.6 Å². The fourth-order valence-corrected chi connectivity index (χ4v) is 3.25. The second-order valence-electron chi connectivity index (χ2n) is 7.23. The highest BCUT2D eigenvalue weighted by Crippen LogP contribution is 2.09. The van der Waals surface area contributed by atoms with Crippen LogP contribution in [0.3, 0.4) is 0 Å². The first-order valence-corrected chi connectivity index (χ1v) is 10.7. The molecule has 7 nitrogen and oxygen atoms in total. The monoisotopic (exact) mass is 422 g/mol. The maximum absolute atomic E-state index is 12.4. The van der Waals surface area contributed by atoms with Gasteiger partial charge in [0.15, 0.2) is 0 Å². The summed E-state index contributed by atoms with van der Waals surface area (Å²) in [5.41, 5.74) is 0.551. The quantitative estimate of drug-likeness (QED) is 0.564. The maximum Gasteiger partial charge on any atom is 0.251 e. The van der Waals surface area contributed by atoms with Crippen LogP contribution in [0.5, 0.6) is 0 Å². The number of halogens is 1. The molecular formula is C21H31ClN4O3. The van der Waals surface area contributed by atoms with Crippen molar-refractivity contribution in [2.45, 2.75) is 32.6 Å². The highest BCUT2D eigenvalue weighted by atomic mass is 35.5. The van der Waals surface area contributed by atoms with Crippen LogP contribution in [0.25, 0.3) is 0 Å². The van der Waals surface area contributed by atoms with E-state index >= 15 is 0 Å². The lowest BCUT2D eigenvalue weighted by atomic mass is 10.2. The molecule has 1 saturated heterocycles. The largest absolute Gasteiger partial charge is 0.355 e. The van der Waals surface area contributed by atoms with Gasteiger partial charge in [-0.25, -0.2) is 0 Å². The third-order valence-electron chi connectivity index (χ3n) is 4.90. The minimum atomic E-state index is -0.167. The average Bonchev–Trinajstić information content (AvgIpc) is 2.72. The fraction of sp³-hybridized carbons (Fsp3) is 0.571. The molecule has 29 heavy (non-hydrogen) atoms. The van der Waals surface area contributed by atoms with Crippen LogP contribution in [0.2, 0.25) is 5.02 Å². The van der Waals surface area contributed by atoms with E-state index in [1.54, 1.807) is 24.3 Å². The highest BCUT2D eigenvalue weighted by Gasteiger charge is 2.22. The number of amides is 3. The lowest BCUT2D eigenvalue weighted by molar-refractivity contribution is -0.133. The van der Waals surface area contributed by atoms with Crippen molar-refractivity contribution < 1.29 is 14.4 Å². The van der Waals surface area contributed by atoms with Gasteiger partial charge in [0.2, 0.25) is 11.8 Å². The van der Waals surface area contributed by atoms with E-state index in [9.17, 15) is 14.4 Å². The summed E-state index contributed by atoms with van der Waals surface area (Å²) in [7, 11) is 0. The van der Waals surface area contributed by atoms with Gasteiger partial charge in [0, 0.05) is 56.3 Å². The zero-order valence-corrected chi connectivity index (χ0v) is 17.8. The number of rotatable bonds is 10. The Morgan fingerprint density at radius 2 is 1.62 bits per heavy atom. The van der Waals surface area contributed by atoms with Crippen LogP contribution in [-0.2, 0) is 9.59 Å². The zero-order chi connectivity index (χ0) is 21.1. The Labute approximate surface area is 177 Å². The van der Waals surface area contributed by atoms with Crippen molar-refractivity contribution in [3.63, 3.8) is 0 Å². The Balaban J connectivity index is 1.59. The predicted molar refractivity (Wildman–Crippen MR) is 114 cm³/mol. The van der Waals surface area contributed by atoms with Crippen LogP contribution in [0.4, 0.5) is 0 Å². The summed E-state index contributed by atoms with van der Waals surface area (Å²) in [5.74, 6) is -0.0209. The Kier molecular flexibility index (Phi) is 9.94. The number of carbonyl (C=O) groups excluding carboxylic acids is 3. The lowest BCUT2D eigenvalue weighted by Gasteiger charge is -2.34. The second kappa shape index (κ2) is 12.4. The van der Waals surface area contributed by atoms with E-state index in [1.165, 1.54) is 0 Å². The SMILES string of the molecule is CCCCNC(=O)CN1CCN(C(=O)CCCNC(=O)c2ccc(Cl)cc2)CC1. The molecule has 1 fully saturated rings. The molecule has 2 rings (SSSR count). The Morgan fingerprint density at radius 1 is 0.966 bits per heavy atom. The van der Waals surface area contributed by atoms with Gasteiger partial charge >= 0.3 is 0 Å². The van der Waals surface area contributed by atoms with E-state index in [2.05, 4.69) is 22.5 Å². The van der Waals surface area contributed by atoms with Crippen LogP contribution in [0.15, 0.2) is 24.3 Å². The van der Waals surface area contributed by atoms with E-state index in [4.69, 9.17) is 11.6 Å². The van der Waals surface area contributed by atoms with Gasteiger partial charge in [-0.2, -0.15) is 0 Å². The van der Waals surface area contributed by atoms with Crippen molar-refractivity contribution in [2.24, 2.45) is 0 Å². The minimum absolute atomic E-state index is 0.0506. The summed E-state index contributed by atoms with van der Waals surface area (Å²) < 4.78 is 0. The molecule has 0 atom stereocenters. The maximum atomic E-state index is 12.4. The van der Waals surface area contributed by atoms with Gasteiger partial charge in [-0.05, 0) is 37.1 Å². The summed E-state index contributed by atoms with van der Waals surface area (Å²) in [6.45, 7) is 6.35. The molecule has 3 amide bonds. The Hall–Kier alpha value is -2.12. The first kappa shape index (κ1) is 23.2. The number of hydrogen-bond donors (Lipinski definition) is 2. The molecule has 0 saturated carbocycles. The lowest BCUT2D eigenvalue weighted by Crippen LogP contribution is -2.51. The molecule has 8 heteroatoms. The van der Waals surface area contributed by atoms with Gasteiger partial charge in [0.25, 0.3) is 5.91 Å². The van der Waals surface area contributed by atoms with E-state index in [0.717, 1.165) is 19.4 Å². The summed E-state index contributed by atoms with van der Waals surface area (Å²) >= 11 is 5.81. The third-order valence-corrected chi connectivity index (χ3v) is 5.16. The van der Waals surface area contributed by atoms with E-state index < -0.39 is 0 Å². The molecule has 160 valence electrons. The Bertz CT molecular complexity index is 673. The molecule has 1 aromatic rings. The number of piperazine rings is 1. The summed E-state index contributed by atoms with van der Waals surface area (Å²) in [4.78, 5) is 40.2. The van der Waals surface area contributed by atoms with Crippen LogP contribution < -0.4 is 10.6 Å². The minimum Gasteiger partial charge on any atom is -0.355 e. The molecule has 0 aliphatic carbocycles. The predicted octanol–water partition coefficient (Wildman–Crippen LogP) is 1.91. The molecule has 1 aromatic carbocycles. The zero-order valence-electron chi connectivity index (χ0n) is 17.1. The molecule has 0 radical (unpaired) electrons. The summed E-state index contributed by atoms with van der Waals surface area (Å²) in [6, 6.07) is 6.70. The standard InChI is InChI=1S/C21H31ClN4O3/c1-2-3-10-23-19(27)16-25-12-14-26(15-13-25)20(28)5-4-11-24-21(29)17-6-8-18(22)9-7-17/h6-9H,2-5,10-16H2,1H3,(H,23,27)(H,24,29). The number of hydrogen-bond acceptors (Lipinski definition) is 4. The van der Waals surface area contributed by atoms with Crippen molar-refractivity contribution in [1.82, 2.24) is 20.4 Å². The Morgan fingerprint density at radius 3 is 2.28 bits per heavy atom. The van der Waals surface area contributed by atoms with Gasteiger partial charge in [0.05, 0.1) is 6.54 Å². The molecule has 0 aromatic heterocycles. The number of benzene rings is 1. The van der Waals surface area contributed by atoms with Gasteiger partial charge in [-0.15, -0.1) is 0 Å². The molecule has 2 N–H and O–H groups in total. The number of carbonyl (C=O) groups is 3. The van der Waals surface area contributed by atoms with E-state index in [-0.39, 0.29) is 17.7 Å². The molecule has 0 bridgehead atoms. The van der Waals surface area contributed by atoms with E-state index in [1.807, 2.05) is 4.90 Å². The van der Waals surface area contributed by atoms with Crippen molar-refractivity contribution in [3.8, 4) is 0 Å². The van der Waals surface area contributed by atoms with Gasteiger partial charge < -0.3 is 15.5 Å². The van der Waals surface area contributed by atoms with Crippen LogP contribution in [-0.4, -0.2) is 73.3 Å². The van der Waals surface area contributed by atoms with Crippen molar-refractivity contribution in [2.75, 3.05) is 45.8 Å². The average molecular weight is 423 g/mol. The first-order chi connectivity index (χ1) is 14.0. The molecule has 1 aliphatic rings. The normalized spacial score (nSPS) is 14.5. The van der Waals surface area contributed by atoms with Crippen molar-refractivity contribution in [3.05, 3.63) is 34.9 Å². The molecule has 1 heterocycles. The molecule has 1 aliphatic heterocycles. The van der Waals surface area contributed by atoms with Crippen LogP contribution in [0, 0.1) is 0 Å². The molecule has 0 unspecified atom stereocenters. The van der Waals surface area contributed by atoms with Crippen LogP contribution in [0.1, 0.15) is 43.0 Å². The fourth-order valence-electron chi connectivity index (χ4n) is 3.12.